The van der Waals surface area contributed by atoms with Crippen LogP contribution in [0.15, 0.2) is 34.8 Å². The highest BCUT2D eigenvalue weighted by Crippen LogP contribution is 2.26. The van der Waals surface area contributed by atoms with E-state index in [-0.39, 0.29) is 18.2 Å². The maximum atomic E-state index is 12.0. The Labute approximate surface area is 142 Å². The Balaban J connectivity index is 2.05. The van der Waals surface area contributed by atoms with Gasteiger partial charge in [-0.15, -0.1) is 0 Å². The van der Waals surface area contributed by atoms with E-state index in [2.05, 4.69) is 26.3 Å². The summed E-state index contributed by atoms with van der Waals surface area (Å²) in [5.74, 6) is 0.0893. The summed E-state index contributed by atoms with van der Waals surface area (Å²) >= 11 is 3.29. The van der Waals surface area contributed by atoms with Crippen molar-refractivity contribution in [2.24, 2.45) is 7.05 Å². The molecule has 0 spiro atoms. The lowest BCUT2D eigenvalue weighted by Gasteiger charge is -2.08. The summed E-state index contributed by atoms with van der Waals surface area (Å²) in [6.45, 7) is 0.158. The first-order chi connectivity index (χ1) is 10.9. The van der Waals surface area contributed by atoms with Gasteiger partial charge >= 0.3 is 6.09 Å². The molecule has 2 rings (SSSR count). The lowest BCUT2D eigenvalue weighted by atomic mass is 10.2. The zero-order valence-corrected chi connectivity index (χ0v) is 14.6. The van der Waals surface area contributed by atoms with Gasteiger partial charge in [-0.05, 0) is 21.5 Å². The molecule has 0 atom stereocenters. The topological polar surface area (TPSA) is 76.5 Å². The Hall–Kier alpha value is -2.35. The van der Waals surface area contributed by atoms with Gasteiger partial charge in [-0.2, -0.15) is 5.10 Å². The van der Waals surface area contributed by atoms with Crippen molar-refractivity contribution in [1.29, 1.82) is 0 Å². The highest BCUT2D eigenvalue weighted by Gasteiger charge is 2.22. The molecular weight excluding hydrogens is 364 g/mol. The zero-order chi connectivity index (χ0) is 17.0. The average molecular weight is 381 g/mol. The van der Waals surface area contributed by atoms with E-state index in [1.807, 2.05) is 30.3 Å². The molecular formula is C15H17BrN4O3. The van der Waals surface area contributed by atoms with Gasteiger partial charge in [0.05, 0.1) is 4.47 Å². The van der Waals surface area contributed by atoms with Crippen LogP contribution in [0.2, 0.25) is 0 Å². The number of rotatable bonds is 4. The zero-order valence-electron chi connectivity index (χ0n) is 13.0. The molecule has 8 heteroatoms. The fourth-order valence-electron chi connectivity index (χ4n) is 1.84. The molecule has 2 amide bonds. The molecule has 1 aromatic heterocycles. The Morgan fingerprint density at radius 2 is 1.96 bits per heavy atom. The molecule has 7 nitrogen and oxygen atoms in total. The second-order valence-corrected chi connectivity index (χ2v) is 5.81. The van der Waals surface area contributed by atoms with Crippen molar-refractivity contribution in [2.75, 3.05) is 19.4 Å². The number of amides is 2. The molecule has 1 heterocycles. The van der Waals surface area contributed by atoms with Gasteiger partial charge in [0.1, 0.15) is 12.4 Å². The van der Waals surface area contributed by atoms with Crippen LogP contribution in [0.1, 0.15) is 16.1 Å². The maximum absolute atomic E-state index is 12.0. The van der Waals surface area contributed by atoms with Crippen LogP contribution in [0.5, 0.6) is 0 Å². The summed E-state index contributed by atoms with van der Waals surface area (Å²) in [6.07, 6.45) is -0.624. The van der Waals surface area contributed by atoms with E-state index in [9.17, 15) is 9.59 Å². The predicted molar refractivity (Wildman–Crippen MR) is 89.2 cm³/mol. The molecule has 1 aromatic carbocycles. The molecule has 0 saturated heterocycles. The summed E-state index contributed by atoms with van der Waals surface area (Å²) in [5, 5.41) is 6.70. The maximum Gasteiger partial charge on any atom is 0.413 e. The Bertz CT molecular complexity index is 713. The fraction of sp³-hybridized carbons (Fsp3) is 0.267. The van der Waals surface area contributed by atoms with Crippen LogP contribution in [0.25, 0.3) is 0 Å². The molecule has 0 bridgehead atoms. The second kappa shape index (κ2) is 7.28. The third kappa shape index (κ3) is 4.10. The number of hydrogen-bond donors (Lipinski definition) is 1. The molecule has 23 heavy (non-hydrogen) atoms. The van der Waals surface area contributed by atoms with Crippen molar-refractivity contribution < 1.29 is 14.3 Å². The van der Waals surface area contributed by atoms with E-state index in [0.717, 1.165) is 5.56 Å². The standard InChI is InChI=1S/C15H17BrN4O3/c1-19(2)14(21)12-11(16)13(20(3)18-12)17-15(22)23-9-10-7-5-4-6-8-10/h4-8H,9H2,1-3H3,(H,17,22). The molecule has 0 unspecified atom stereocenters. The van der Waals surface area contributed by atoms with Crippen LogP contribution in [-0.4, -0.2) is 40.8 Å². The molecule has 1 N–H and O–H groups in total. The van der Waals surface area contributed by atoms with Crippen molar-refractivity contribution >= 4 is 33.7 Å². The number of benzene rings is 1. The lowest BCUT2D eigenvalue weighted by Crippen LogP contribution is -2.22. The van der Waals surface area contributed by atoms with E-state index in [1.54, 1.807) is 21.1 Å². The number of halogens is 1. The summed E-state index contributed by atoms with van der Waals surface area (Å²) in [5.41, 5.74) is 1.10. The summed E-state index contributed by atoms with van der Waals surface area (Å²) in [6, 6.07) is 9.35. The minimum atomic E-state index is -0.624. The van der Waals surface area contributed by atoms with Crippen LogP contribution >= 0.6 is 15.9 Å². The molecule has 122 valence electrons. The van der Waals surface area contributed by atoms with Gasteiger partial charge in [0.25, 0.3) is 5.91 Å². The van der Waals surface area contributed by atoms with Crippen molar-refractivity contribution in [3.8, 4) is 0 Å². The first-order valence-electron chi connectivity index (χ1n) is 6.82. The lowest BCUT2D eigenvalue weighted by molar-refractivity contribution is 0.0820. The van der Waals surface area contributed by atoms with E-state index in [4.69, 9.17) is 4.74 Å². The molecule has 2 aromatic rings. The largest absolute Gasteiger partial charge is 0.444 e. The predicted octanol–water partition coefficient (Wildman–Crippen LogP) is 2.63. The number of anilines is 1. The number of carbonyl (C=O) groups excluding carboxylic acids is 2. The number of aryl methyl sites for hydroxylation is 1. The van der Waals surface area contributed by atoms with Gasteiger partial charge in [0.15, 0.2) is 5.69 Å². The fourth-order valence-corrected chi connectivity index (χ4v) is 2.44. The van der Waals surface area contributed by atoms with E-state index < -0.39 is 6.09 Å². The quantitative estimate of drug-likeness (QED) is 0.884. The minimum absolute atomic E-state index is 0.158. The first-order valence-corrected chi connectivity index (χ1v) is 7.61. The molecule has 0 aliphatic heterocycles. The normalized spacial score (nSPS) is 10.3. The molecule has 0 fully saturated rings. The highest BCUT2D eigenvalue weighted by molar-refractivity contribution is 9.10. The van der Waals surface area contributed by atoms with Crippen LogP contribution in [0.3, 0.4) is 0 Å². The SMILES string of the molecule is CN(C)C(=O)c1nn(C)c(NC(=O)OCc2ccccc2)c1Br. The van der Waals surface area contributed by atoms with Crippen molar-refractivity contribution in [2.45, 2.75) is 6.61 Å². The van der Waals surface area contributed by atoms with Crippen LogP contribution in [-0.2, 0) is 18.4 Å². The molecule has 0 aliphatic rings. The Morgan fingerprint density at radius 3 is 2.57 bits per heavy atom. The monoisotopic (exact) mass is 380 g/mol. The Kier molecular flexibility index (Phi) is 5.38. The van der Waals surface area contributed by atoms with Gasteiger partial charge in [0, 0.05) is 21.1 Å². The van der Waals surface area contributed by atoms with Gasteiger partial charge in [-0.1, -0.05) is 30.3 Å². The van der Waals surface area contributed by atoms with Crippen LogP contribution < -0.4 is 5.32 Å². The van der Waals surface area contributed by atoms with Crippen molar-refractivity contribution in [3.05, 3.63) is 46.1 Å². The summed E-state index contributed by atoms with van der Waals surface area (Å²) < 4.78 is 6.97. The number of nitrogens with one attached hydrogen (secondary N) is 1. The van der Waals surface area contributed by atoms with Gasteiger partial charge < -0.3 is 9.64 Å². The number of hydrogen-bond acceptors (Lipinski definition) is 4. The first kappa shape index (κ1) is 17.0. The summed E-state index contributed by atoms with van der Waals surface area (Å²) in [7, 11) is 4.89. The smallest absolute Gasteiger partial charge is 0.413 e. The van der Waals surface area contributed by atoms with Gasteiger partial charge in [-0.25, -0.2) is 4.79 Å². The molecule has 0 saturated carbocycles. The third-order valence-corrected chi connectivity index (χ3v) is 3.78. The van der Waals surface area contributed by atoms with Crippen molar-refractivity contribution in [1.82, 2.24) is 14.7 Å². The number of carbonyl (C=O) groups is 2. The minimum Gasteiger partial charge on any atom is -0.444 e. The van der Waals surface area contributed by atoms with E-state index >= 15 is 0 Å². The van der Waals surface area contributed by atoms with Crippen LogP contribution in [0, 0.1) is 0 Å². The third-order valence-electron chi connectivity index (χ3n) is 3.03. The van der Waals surface area contributed by atoms with Crippen molar-refractivity contribution in [3.63, 3.8) is 0 Å². The Morgan fingerprint density at radius 1 is 1.30 bits per heavy atom. The second-order valence-electron chi connectivity index (χ2n) is 5.02. The van der Waals surface area contributed by atoms with E-state index in [1.165, 1.54) is 9.58 Å². The average Bonchev–Trinajstić information content (AvgIpc) is 2.81. The molecule has 0 aliphatic carbocycles. The van der Waals surface area contributed by atoms with Gasteiger partial charge in [-0.3, -0.25) is 14.8 Å². The highest BCUT2D eigenvalue weighted by atomic mass is 79.9. The summed E-state index contributed by atoms with van der Waals surface area (Å²) in [4.78, 5) is 25.3. The van der Waals surface area contributed by atoms with Gasteiger partial charge in [0.2, 0.25) is 0 Å². The number of nitrogens with zero attached hydrogens (tertiary/aromatic N) is 3. The van der Waals surface area contributed by atoms with Crippen LogP contribution in [0.4, 0.5) is 10.6 Å². The van der Waals surface area contributed by atoms with E-state index in [0.29, 0.717) is 10.3 Å². The molecule has 0 radical (unpaired) electrons. The number of ether oxygens (including phenoxy) is 1. The number of aromatic nitrogens is 2.